The van der Waals surface area contributed by atoms with E-state index in [9.17, 15) is 0 Å². The highest BCUT2D eigenvalue weighted by molar-refractivity contribution is 9.10. The van der Waals surface area contributed by atoms with E-state index in [2.05, 4.69) is 27.0 Å². The zero-order valence-electron chi connectivity index (χ0n) is 9.63. The van der Waals surface area contributed by atoms with Gasteiger partial charge < -0.3 is 4.42 Å². The number of aromatic nitrogens is 1. The lowest BCUT2D eigenvalue weighted by atomic mass is 10.2. The number of para-hydroxylation sites is 2. The average molecular weight is 331 g/mol. The fourth-order valence-corrected chi connectivity index (χ4v) is 3.18. The molecule has 0 amide bonds. The van der Waals surface area contributed by atoms with Gasteiger partial charge in [-0.1, -0.05) is 28.1 Å². The van der Waals surface area contributed by atoms with Gasteiger partial charge in [-0.15, -0.1) is 0 Å². The van der Waals surface area contributed by atoms with Gasteiger partial charge in [-0.05, 0) is 42.1 Å². The summed E-state index contributed by atoms with van der Waals surface area (Å²) in [5.41, 5.74) is 2.20. The SMILES string of the molecule is N#Cc1cc(Br)cc(Sc2nc3ccccc3o2)c1. The summed E-state index contributed by atoms with van der Waals surface area (Å²) in [6, 6.07) is 15.3. The summed E-state index contributed by atoms with van der Waals surface area (Å²) in [6.45, 7) is 0. The van der Waals surface area contributed by atoms with E-state index in [0.29, 0.717) is 10.8 Å². The minimum Gasteiger partial charge on any atom is -0.431 e. The van der Waals surface area contributed by atoms with Crippen LogP contribution in [0.4, 0.5) is 0 Å². The molecule has 0 aliphatic carbocycles. The Bertz CT molecular complexity index is 758. The number of hydrogen-bond donors (Lipinski definition) is 0. The van der Waals surface area contributed by atoms with Gasteiger partial charge in [0.25, 0.3) is 5.22 Å². The number of fused-ring (bicyclic) bond motifs is 1. The highest BCUT2D eigenvalue weighted by Gasteiger charge is 2.08. The molecule has 0 saturated heterocycles. The van der Waals surface area contributed by atoms with E-state index in [1.807, 2.05) is 36.4 Å². The summed E-state index contributed by atoms with van der Waals surface area (Å²) in [5.74, 6) is 0. The Morgan fingerprint density at radius 3 is 2.84 bits per heavy atom. The minimum atomic E-state index is 0.572. The number of benzene rings is 2. The molecule has 0 bridgehead atoms. The van der Waals surface area contributed by atoms with Crippen molar-refractivity contribution in [3.63, 3.8) is 0 Å². The summed E-state index contributed by atoms with van der Waals surface area (Å²) in [6.07, 6.45) is 0. The van der Waals surface area contributed by atoms with Gasteiger partial charge in [-0.3, -0.25) is 0 Å². The molecular weight excluding hydrogens is 324 g/mol. The third-order valence-electron chi connectivity index (χ3n) is 2.48. The maximum Gasteiger partial charge on any atom is 0.261 e. The molecule has 0 unspecified atom stereocenters. The third-order valence-corrected chi connectivity index (χ3v) is 3.76. The Kier molecular flexibility index (Phi) is 3.28. The number of rotatable bonds is 2. The van der Waals surface area contributed by atoms with Crippen LogP contribution in [-0.2, 0) is 0 Å². The first kappa shape index (κ1) is 12.3. The first-order chi connectivity index (χ1) is 9.24. The predicted octanol–water partition coefficient (Wildman–Crippen LogP) is 4.61. The first-order valence-electron chi connectivity index (χ1n) is 5.49. The van der Waals surface area contributed by atoms with E-state index in [1.165, 1.54) is 11.8 Å². The summed E-state index contributed by atoms with van der Waals surface area (Å²) < 4.78 is 6.50. The van der Waals surface area contributed by atoms with Crippen LogP contribution < -0.4 is 0 Å². The van der Waals surface area contributed by atoms with Crippen LogP contribution in [0.15, 0.2) is 61.5 Å². The van der Waals surface area contributed by atoms with Gasteiger partial charge in [0.05, 0.1) is 11.6 Å². The van der Waals surface area contributed by atoms with E-state index < -0.39 is 0 Å². The van der Waals surface area contributed by atoms with Crippen LogP contribution in [-0.4, -0.2) is 4.98 Å². The van der Waals surface area contributed by atoms with Crippen LogP contribution in [0.3, 0.4) is 0 Å². The average Bonchev–Trinajstić information content (AvgIpc) is 2.80. The quantitative estimate of drug-likeness (QED) is 0.688. The third kappa shape index (κ3) is 2.65. The molecule has 0 radical (unpaired) electrons. The van der Waals surface area contributed by atoms with Crippen molar-refractivity contribution >= 4 is 38.8 Å². The second-order valence-electron chi connectivity index (χ2n) is 3.84. The molecule has 3 rings (SSSR count). The van der Waals surface area contributed by atoms with E-state index in [1.54, 1.807) is 6.07 Å². The monoisotopic (exact) mass is 330 g/mol. The van der Waals surface area contributed by atoms with Gasteiger partial charge in [-0.25, -0.2) is 4.98 Å². The molecule has 0 aliphatic rings. The van der Waals surface area contributed by atoms with Crippen molar-refractivity contribution < 1.29 is 4.42 Å². The van der Waals surface area contributed by atoms with Crippen molar-refractivity contribution in [2.24, 2.45) is 0 Å². The largest absolute Gasteiger partial charge is 0.431 e. The number of nitriles is 1. The van der Waals surface area contributed by atoms with Crippen molar-refractivity contribution in [1.82, 2.24) is 4.98 Å². The Balaban J connectivity index is 1.96. The summed E-state index contributed by atoms with van der Waals surface area (Å²) >= 11 is 4.78. The molecule has 3 nitrogen and oxygen atoms in total. The summed E-state index contributed by atoms with van der Waals surface area (Å²) in [7, 11) is 0. The normalized spacial score (nSPS) is 10.5. The molecule has 3 aromatic rings. The van der Waals surface area contributed by atoms with E-state index in [0.717, 1.165) is 20.5 Å². The molecule has 0 N–H and O–H groups in total. The molecule has 0 atom stereocenters. The summed E-state index contributed by atoms with van der Waals surface area (Å²) in [4.78, 5) is 5.31. The fourth-order valence-electron chi connectivity index (χ4n) is 1.68. The van der Waals surface area contributed by atoms with Crippen molar-refractivity contribution in [3.05, 3.63) is 52.5 Å². The Hall–Kier alpha value is -1.77. The highest BCUT2D eigenvalue weighted by Crippen LogP contribution is 2.32. The predicted molar refractivity (Wildman–Crippen MR) is 77.0 cm³/mol. The van der Waals surface area contributed by atoms with Gasteiger partial charge in [-0.2, -0.15) is 5.26 Å². The van der Waals surface area contributed by atoms with Crippen LogP contribution in [0.2, 0.25) is 0 Å². The second-order valence-corrected chi connectivity index (χ2v) is 5.78. The molecule has 0 aliphatic heterocycles. The van der Waals surface area contributed by atoms with Crippen molar-refractivity contribution in [1.29, 1.82) is 5.26 Å². The number of hydrogen-bond acceptors (Lipinski definition) is 4. The molecule has 0 saturated carbocycles. The lowest BCUT2D eigenvalue weighted by molar-refractivity contribution is 0.489. The minimum absolute atomic E-state index is 0.572. The molecule has 0 fully saturated rings. The molecule has 1 aromatic heterocycles. The molecule has 0 spiro atoms. The topological polar surface area (TPSA) is 49.8 Å². The van der Waals surface area contributed by atoms with Crippen LogP contribution in [0.5, 0.6) is 0 Å². The number of halogens is 1. The van der Waals surface area contributed by atoms with Gasteiger partial charge >= 0.3 is 0 Å². The standard InChI is InChI=1S/C14H7BrN2OS/c15-10-5-9(8-16)6-11(7-10)19-14-17-12-3-1-2-4-13(12)18-14/h1-7H. The van der Waals surface area contributed by atoms with Crippen molar-refractivity contribution in [3.8, 4) is 6.07 Å². The smallest absolute Gasteiger partial charge is 0.261 e. The van der Waals surface area contributed by atoms with Crippen LogP contribution in [0.1, 0.15) is 5.56 Å². The summed E-state index contributed by atoms with van der Waals surface area (Å²) in [5, 5.41) is 9.52. The highest BCUT2D eigenvalue weighted by atomic mass is 79.9. The molecule has 92 valence electrons. The lowest BCUT2D eigenvalue weighted by Gasteiger charge is -1.99. The number of nitrogens with zero attached hydrogens (tertiary/aromatic N) is 2. The molecule has 1 heterocycles. The van der Waals surface area contributed by atoms with Crippen LogP contribution in [0.25, 0.3) is 11.1 Å². The van der Waals surface area contributed by atoms with Gasteiger partial charge in [0.15, 0.2) is 5.58 Å². The molecule has 5 heteroatoms. The maximum absolute atomic E-state index is 8.95. The second kappa shape index (κ2) is 5.08. The fraction of sp³-hybridized carbons (Fsp3) is 0. The first-order valence-corrected chi connectivity index (χ1v) is 7.10. The Morgan fingerprint density at radius 1 is 1.21 bits per heavy atom. The lowest BCUT2D eigenvalue weighted by Crippen LogP contribution is -1.78. The van der Waals surface area contributed by atoms with E-state index >= 15 is 0 Å². The Morgan fingerprint density at radius 2 is 2.05 bits per heavy atom. The molecule has 2 aromatic carbocycles. The van der Waals surface area contributed by atoms with Crippen molar-refractivity contribution in [2.45, 2.75) is 10.1 Å². The van der Waals surface area contributed by atoms with Gasteiger partial charge in [0, 0.05) is 9.37 Å². The van der Waals surface area contributed by atoms with E-state index in [-0.39, 0.29) is 0 Å². The number of oxazole rings is 1. The Labute approximate surface area is 122 Å². The molecule has 19 heavy (non-hydrogen) atoms. The van der Waals surface area contributed by atoms with E-state index in [4.69, 9.17) is 9.68 Å². The van der Waals surface area contributed by atoms with Crippen molar-refractivity contribution in [2.75, 3.05) is 0 Å². The van der Waals surface area contributed by atoms with Gasteiger partial charge in [0.1, 0.15) is 5.52 Å². The van der Waals surface area contributed by atoms with Crippen LogP contribution in [0, 0.1) is 11.3 Å². The zero-order valence-corrected chi connectivity index (χ0v) is 12.0. The maximum atomic E-state index is 8.95. The molecular formula is C14H7BrN2OS. The zero-order chi connectivity index (χ0) is 13.2. The van der Waals surface area contributed by atoms with Crippen LogP contribution >= 0.6 is 27.7 Å². The van der Waals surface area contributed by atoms with Gasteiger partial charge in [0.2, 0.25) is 0 Å².